The summed E-state index contributed by atoms with van der Waals surface area (Å²) in [7, 11) is 0. The van der Waals surface area contributed by atoms with E-state index in [1.165, 1.54) is 5.57 Å². The van der Waals surface area contributed by atoms with E-state index in [1.54, 1.807) is 13.0 Å². The highest BCUT2D eigenvalue weighted by molar-refractivity contribution is 5.16. The number of allylic oxidation sites excluding steroid dienone is 1. The zero-order valence-corrected chi connectivity index (χ0v) is 11.5. The summed E-state index contributed by atoms with van der Waals surface area (Å²) in [4.78, 5) is 0. The standard InChI is InChI=1S/C15H26O2/c1-6-14(4,16)10-9-13-11(2)7-8-12(3)15(13,5)17/h6-7,12-13,16-17H,1,8-10H2,2-5H3/t12-,13-,14?,15+/m0/s1. The third-order valence-electron chi connectivity index (χ3n) is 4.43. The van der Waals surface area contributed by atoms with Gasteiger partial charge in [0, 0.05) is 5.92 Å². The van der Waals surface area contributed by atoms with Crippen LogP contribution in [0.2, 0.25) is 0 Å². The maximum Gasteiger partial charge on any atom is 0.0797 e. The number of hydrogen-bond acceptors (Lipinski definition) is 2. The van der Waals surface area contributed by atoms with E-state index in [0.29, 0.717) is 6.42 Å². The average molecular weight is 238 g/mol. The highest BCUT2D eigenvalue weighted by Gasteiger charge is 2.40. The SMILES string of the molecule is C=CC(C)(O)CC[C@H]1C(C)=CC[C@H](C)[C@@]1(C)O. The molecule has 0 heterocycles. The quantitative estimate of drug-likeness (QED) is 0.739. The number of aliphatic hydroxyl groups is 2. The Labute approximate surface area is 105 Å². The molecule has 1 aliphatic carbocycles. The minimum absolute atomic E-state index is 0.137. The van der Waals surface area contributed by atoms with Gasteiger partial charge in [-0.15, -0.1) is 6.58 Å². The topological polar surface area (TPSA) is 40.5 Å². The van der Waals surface area contributed by atoms with Crippen molar-refractivity contribution in [2.24, 2.45) is 11.8 Å². The van der Waals surface area contributed by atoms with Crippen LogP contribution in [-0.4, -0.2) is 21.4 Å². The molecule has 2 heteroatoms. The molecule has 2 N–H and O–H groups in total. The van der Waals surface area contributed by atoms with Crippen molar-refractivity contribution < 1.29 is 10.2 Å². The Morgan fingerprint density at radius 3 is 2.76 bits per heavy atom. The maximum absolute atomic E-state index is 10.6. The minimum Gasteiger partial charge on any atom is -0.389 e. The minimum atomic E-state index is -0.836. The fraction of sp³-hybridized carbons (Fsp3) is 0.733. The highest BCUT2D eigenvalue weighted by atomic mass is 16.3. The molecule has 98 valence electrons. The van der Waals surface area contributed by atoms with Crippen molar-refractivity contribution in [3.8, 4) is 0 Å². The lowest BCUT2D eigenvalue weighted by Crippen LogP contribution is -2.44. The molecule has 0 radical (unpaired) electrons. The van der Waals surface area contributed by atoms with Gasteiger partial charge in [-0.3, -0.25) is 0 Å². The predicted octanol–water partition coefficient (Wildman–Crippen LogP) is 3.06. The van der Waals surface area contributed by atoms with Crippen molar-refractivity contribution in [2.45, 2.75) is 58.2 Å². The van der Waals surface area contributed by atoms with Crippen LogP contribution < -0.4 is 0 Å². The second-order valence-corrected chi connectivity index (χ2v) is 5.96. The molecular formula is C15H26O2. The number of hydrogen-bond donors (Lipinski definition) is 2. The molecule has 0 saturated carbocycles. The van der Waals surface area contributed by atoms with Crippen molar-refractivity contribution in [3.63, 3.8) is 0 Å². The Morgan fingerprint density at radius 1 is 1.65 bits per heavy atom. The van der Waals surface area contributed by atoms with Gasteiger partial charge in [0.1, 0.15) is 0 Å². The lowest BCUT2D eigenvalue weighted by atomic mass is 9.68. The van der Waals surface area contributed by atoms with Crippen LogP contribution in [0.4, 0.5) is 0 Å². The first kappa shape index (κ1) is 14.5. The Kier molecular flexibility index (Phi) is 4.21. The van der Waals surface area contributed by atoms with Crippen molar-refractivity contribution in [1.29, 1.82) is 0 Å². The van der Waals surface area contributed by atoms with E-state index >= 15 is 0 Å². The smallest absolute Gasteiger partial charge is 0.0797 e. The van der Waals surface area contributed by atoms with Crippen LogP contribution >= 0.6 is 0 Å². The lowest BCUT2D eigenvalue weighted by molar-refractivity contribution is -0.0487. The van der Waals surface area contributed by atoms with Gasteiger partial charge in [0.2, 0.25) is 0 Å². The first-order chi connectivity index (χ1) is 7.70. The van der Waals surface area contributed by atoms with Crippen molar-refractivity contribution in [3.05, 3.63) is 24.3 Å². The molecule has 0 aliphatic heterocycles. The van der Waals surface area contributed by atoms with Gasteiger partial charge in [-0.2, -0.15) is 0 Å². The number of rotatable bonds is 4. The van der Waals surface area contributed by atoms with Crippen LogP contribution in [-0.2, 0) is 0 Å². The summed E-state index contributed by atoms with van der Waals surface area (Å²) in [6.45, 7) is 11.5. The second kappa shape index (κ2) is 4.95. The van der Waals surface area contributed by atoms with Gasteiger partial charge >= 0.3 is 0 Å². The molecule has 0 aromatic rings. The van der Waals surface area contributed by atoms with E-state index < -0.39 is 11.2 Å². The molecule has 0 aromatic carbocycles. The van der Waals surface area contributed by atoms with Gasteiger partial charge in [0.15, 0.2) is 0 Å². The normalized spacial score (nSPS) is 37.2. The van der Waals surface area contributed by atoms with Crippen LogP contribution in [0.5, 0.6) is 0 Å². The fourth-order valence-electron chi connectivity index (χ4n) is 2.61. The lowest BCUT2D eigenvalue weighted by Gasteiger charge is -2.42. The molecule has 0 bridgehead atoms. The molecule has 1 aliphatic rings. The summed E-state index contributed by atoms with van der Waals surface area (Å²) in [6.07, 6.45) is 6.16. The molecule has 2 nitrogen and oxygen atoms in total. The monoisotopic (exact) mass is 238 g/mol. The molecule has 0 fully saturated rings. The van der Waals surface area contributed by atoms with E-state index in [0.717, 1.165) is 12.8 Å². The molecule has 0 aromatic heterocycles. The molecular weight excluding hydrogens is 212 g/mol. The van der Waals surface area contributed by atoms with Crippen LogP contribution in [0.25, 0.3) is 0 Å². The van der Waals surface area contributed by atoms with Gasteiger partial charge in [0.05, 0.1) is 11.2 Å². The van der Waals surface area contributed by atoms with E-state index in [-0.39, 0.29) is 11.8 Å². The summed E-state index contributed by atoms with van der Waals surface area (Å²) in [5.74, 6) is 0.405. The van der Waals surface area contributed by atoms with Gasteiger partial charge in [-0.05, 0) is 46.0 Å². The Balaban J connectivity index is 2.77. The molecule has 1 rings (SSSR count). The summed E-state index contributed by atoms with van der Waals surface area (Å²) in [5.41, 5.74) is -0.263. The van der Waals surface area contributed by atoms with Gasteiger partial charge < -0.3 is 10.2 Å². The van der Waals surface area contributed by atoms with Gasteiger partial charge in [-0.25, -0.2) is 0 Å². The van der Waals surface area contributed by atoms with Gasteiger partial charge in [0.25, 0.3) is 0 Å². The summed E-state index contributed by atoms with van der Waals surface area (Å²) < 4.78 is 0. The molecule has 0 saturated heterocycles. The molecule has 17 heavy (non-hydrogen) atoms. The zero-order valence-electron chi connectivity index (χ0n) is 11.5. The highest BCUT2D eigenvalue weighted by Crippen LogP contribution is 2.41. The summed E-state index contributed by atoms with van der Waals surface area (Å²) >= 11 is 0. The van der Waals surface area contributed by atoms with Crippen LogP contribution in [0.1, 0.15) is 47.0 Å². The van der Waals surface area contributed by atoms with Crippen molar-refractivity contribution in [1.82, 2.24) is 0 Å². The maximum atomic E-state index is 10.6. The van der Waals surface area contributed by atoms with Crippen LogP contribution in [0, 0.1) is 11.8 Å². The zero-order chi connectivity index (χ0) is 13.3. The van der Waals surface area contributed by atoms with Crippen molar-refractivity contribution >= 4 is 0 Å². The summed E-state index contributed by atoms with van der Waals surface area (Å²) in [6, 6.07) is 0. The average Bonchev–Trinajstić information content (AvgIpc) is 2.23. The molecule has 4 atom stereocenters. The molecule has 0 spiro atoms. The van der Waals surface area contributed by atoms with Crippen molar-refractivity contribution in [2.75, 3.05) is 0 Å². The molecule has 1 unspecified atom stereocenters. The van der Waals surface area contributed by atoms with E-state index in [4.69, 9.17) is 0 Å². The first-order valence-corrected chi connectivity index (χ1v) is 6.45. The fourth-order valence-corrected chi connectivity index (χ4v) is 2.61. The van der Waals surface area contributed by atoms with Crippen LogP contribution in [0.15, 0.2) is 24.3 Å². The van der Waals surface area contributed by atoms with Crippen LogP contribution in [0.3, 0.4) is 0 Å². The third kappa shape index (κ3) is 3.20. The van der Waals surface area contributed by atoms with E-state index in [2.05, 4.69) is 26.5 Å². The summed E-state index contributed by atoms with van der Waals surface area (Å²) in [5, 5.41) is 20.6. The largest absolute Gasteiger partial charge is 0.389 e. The van der Waals surface area contributed by atoms with E-state index in [9.17, 15) is 10.2 Å². The molecule has 0 amide bonds. The third-order valence-corrected chi connectivity index (χ3v) is 4.43. The first-order valence-electron chi connectivity index (χ1n) is 6.45. The predicted molar refractivity (Wildman–Crippen MR) is 71.7 cm³/mol. The van der Waals surface area contributed by atoms with Gasteiger partial charge in [-0.1, -0.05) is 24.6 Å². The Hall–Kier alpha value is -0.600. The Bertz CT molecular complexity index is 313. The second-order valence-electron chi connectivity index (χ2n) is 5.96. The Morgan fingerprint density at radius 2 is 2.24 bits per heavy atom. The van der Waals surface area contributed by atoms with E-state index in [1.807, 2.05) is 6.92 Å².